The average molecular weight is 374 g/mol. The van der Waals surface area contributed by atoms with Crippen LogP contribution >= 0.6 is 0 Å². The molecule has 0 radical (unpaired) electrons. The Labute approximate surface area is 163 Å². The maximum atomic E-state index is 11.6. The highest BCUT2D eigenvalue weighted by Crippen LogP contribution is 2.83. The number of aliphatic hydroxyl groups is 2. The average Bonchev–Trinajstić information content (AvgIpc) is 3.08. The summed E-state index contributed by atoms with van der Waals surface area (Å²) in [6, 6.07) is 0.449. The van der Waals surface area contributed by atoms with Gasteiger partial charge in [0.2, 0.25) is 0 Å². The van der Waals surface area contributed by atoms with E-state index in [1.807, 2.05) is 7.11 Å². The van der Waals surface area contributed by atoms with Crippen molar-refractivity contribution in [1.29, 1.82) is 0 Å². The number of piperidine rings is 1. The molecule has 0 amide bonds. The number of ether oxygens (including phenoxy) is 1. The fraction of sp³-hybridized carbons (Fsp3) is 0.913. The molecule has 7 rings (SSSR count). The van der Waals surface area contributed by atoms with Crippen molar-refractivity contribution in [3.8, 4) is 0 Å². The Bertz CT molecular complexity index is 710. The van der Waals surface area contributed by atoms with Crippen molar-refractivity contribution >= 4 is 0 Å². The van der Waals surface area contributed by atoms with Crippen LogP contribution in [-0.4, -0.2) is 59.7 Å². The maximum absolute atomic E-state index is 11.6. The molecule has 6 aliphatic carbocycles. The van der Waals surface area contributed by atoms with Crippen molar-refractivity contribution in [3.05, 3.63) is 12.2 Å². The second-order valence-corrected chi connectivity index (χ2v) is 11.0. The van der Waals surface area contributed by atoms with Gasteiger partial charge in [0.15, 0.2) is 0 Å². The van der Waals surface area contributed by atoms with Gasteiger partial charge < -0.3 is 14.9 Å². The van der Waals surface area contributed by atoms with Gasteiger partial charge in [0, 0.05) is 42.4 Å². The molecular weight excluding hydrogens is 338 g/mol. The Morgan fingerprint density at radius 2 is 2.04 bits per heavy atom. The fourth-order valence-electron chi connectivity index (χ4n) is 10.3. The highest BCUT2D eigenvalue weighted by atomic mass is 16.5. The fourth-order valence-corrected chi connectivity index (χ4v) is 10.3. The van der Waals surface area contributed by atoms with E-state index in [0.29, 0.717) is 23.3 Å². The monoisotopic (exact) mass is 373 g/mol. The standard InChI is InChI=1S/C23H35NO3/c1-5-24-11-21(3)8-7-16(27-4)23-15(21)10-14(19(23)24)22-9-6-13(12(2)20(22)26)17(25)18(22)23/h13-20,25-26H,2,5-11H2,1,3-4H3/t13-,14?,15-,16+,17+,18-,19?,20-,21+,22+,23-/m1/s1. The largest absolute Gasteiger partial charge is 0.392 e. The van der Waals surface area contributed by atoms with Crippen LogP contribution in [0.4, 0.5) is 0 Å². The smallest absolute Gasteiger partial charge is 0.0814 e. The Balaban J connectivity index is 1.63. The Hall–Kier alpha value is -0.420. The normalized spacial score (nSPS) is 63.5. The molecule has 1 saturated heterocycles. The third kappa shape index (κ3) is 1.52. The van der Waals surface area contributed by atoms with Crippen LogP contribution in [0.5, 0.6) is 0 Å². The zero-order chi connectivity index (χ0) is 18.9. The molecule has 7 bridgehead atoms. The lowest BCUT2D eigenvalue weighted by Crippen LogP contribution is -2.72. The molecule has 0 aromatic rings. The number of methoxy groups -OCH3 is 1. The van der Waals surface area contributed by atoms with Gasteiger partial charge in [0.05, 0.1) is 18.3 Å². The van der Waals surface area contributed by atoms with Gasteiger partial charge in [-0.3, -0.25) is 4.90 Å². The van der Waals surface area contributed by atoms with Gasteiger partial charge in [-0.15, -0.1) is 0 Å². The summed E-state index contributed by atoms with van der Waals surface area (Å²) in [5.41, 5.74) is 1.05. The van der Waals surface area contributed by atoms with Crippen LogP contribution in [0.25, 0.3) is 0 Å². The third-order valence-corrected chi connectivity index (χ3v) is 10.8. The molecule has 0 aromatic heterocycles. The molecule has 2 spiro atoms. The quantitative estimate of drug-likeness (QED) is 0.730. The summed E-state index contributed by atoms with van der Waals surface area (Å²) < 4.78 is 6.24. The van der Waals surface area contributed by atoms with E-state index >= 15 is 0 Å². The van der Waals surface area contributed by atoms with Crippen LogP contribution in [-0.2, 0) is 4.74 Å². The first kappa shape index (κ1) is 17.4. The molecule has 1 aliphatic heterocycles. The van der Waals surface area contributed by atoms with Crippen molar-refractivity contribution < 1.29 is 14.9 Å². The van der Waals surface area contributed by atoms with E-state index in [0.717, 1.165) is 31.4 Å². The molecule has 11 atom stereocenters. The van der Waals surface area contributed by atoms with Crippen LogP contribution in [0.2, 0.25) is 0 Å². The second-order valence-electron chi connectivity index (χ2n) is 11.0. The number of hydrogen-bond donors (Lipinski definition) is 2. The van der Waals surface area contributed by atoms with Crippen molar-refractivity contribution in [2.45, 2.75) is 70.3 Å². The minimum absolute atomic E-state index is 0.000440. The SMILES string of the molecule is C=C1[C@H]2CC[C@@]3(C4C[C@@H]5[C@@]6(C)CC[C@H](OC)[C@@]5(C4N(CC)C6)[C@@H]3[C@H]2O)[C@@H]1O. The summed E-state index contributed by atoms with van der Waals surface area (Å²) in [6.45, 7) is 11.3. The van der Waals surface area contributed by atoms with Gasteiger partial charge in [-0.05, 0) is 61.5 Å². The summed E-state index contributed by atoms with van der Waals surface area (Å²) in [5, 5.41) is 23.1. The molecule has 27 heavy (non-hydrogen) atoms. The number of fused-ring (bicyclic) bond motifs is 2. The predicted octanol–water partition coefficient (Wildman–Crippen LogP) is 2.45. The first-order valence-corrected chi connectivity index (χ1v) is 11.2. The van der Waals surface area contributed by atoms with Crippen molar-refractivity contribution in [2.24, 2.45) is 39.9 Å². The summed E-state index contributed by atoms with van der Waals surface area (Å²) in [4.78, 5) is 2.72. The zero-order valence-electron chi connectivity index (χ0n) is 17.0. The third-order valence-electron chi connectivity index (χ3n) is 10.8. The van der Waals surface area contributed by atoms with Crippen LogP contribution in [0.1, 0.15) is 46.0 Å². The van der Waals surface area contributed by atoms with E-state index in [4.69, 9.17) is 4.74 Å². The summed E-state index contributed by atoms with van der Waals surface area (Å²) >= 11 is 0. The molecule has 150 valence electrons. The molecule has 4 heteroatoms. The Morgan fingerprint density at radius 3 is 2.74 bits per heavy atom. The van der Waals surface area contributed by atoms with E-state index in [1.54, 1.807) is 0 Å². The van der Waals surface area contributed by atoms with Gasteiger partial charge in [-0.1, -0.05) is 20.4 Å². The van der Waals surface area contributed by atoms with Gasteiger partial charge in [0.1, 0.15) is 0 Å². The van der Waals surface area contributed by atoms with E-state index in [2.05, 4.69) is 25.3 Å². The Kier molecular flexibility index (Phi) is 3.23. The topological polar surface area (TPSA) is 52.9 Å². The van der Waals surface area contributed by atoms with E-state index in [-0.39, 0.29) is 34.9 Å². The lowest BCUT2D eigenvalue weighted by molar-refractivity contribution is -0.260. The zero-order valence-corrected chi connectivity index (χ0v) is 17.0. The van der Waals surface area contributed by atoms with Crippen LogP contribution in [0, 0.1) is 39.9 Å². The number of likely N-dealkylation sites (tertiary alicyclic amines) is 1. The Morgan fingerprint density at radius 1 is 1.26 bits per heavy atom. The first-order chi connectivity index (χ1) is 12.9. The van der Waals surface area contributed by atoms with Crippen molar-refractivity contribution in [2.75, 3.05) is 20.2 Å². The molecule has 4 nitrogen and oxygen atoms in total. The maximum Gasteiger partial charge on any atom is 0.0814 e. The first-order valence-electron chi connectivity index (χ1n) is 11.2. The highest BCUT2D eigenvalue weighted by Gasteiger charge is 2.86. The number of aliphatic hydroxyl groups excluding tert-OH is 2. The minimum atomic E-state index is -0.444. The molecule has 6 saturated carbocycles. The summed E-state index contributed by atoms with van der Waals surface area (Å²) in [7, 11) is 1.88. The van der Waals surface area contributed by atoms with Crippen molar-refractivity contribution in [3.63, 3.8) is 0 Å². The lowest BCUT2D eigenvalue weighted by atomic mass is 9.38. The molecule has 7 aliphatic rings. The number of rotatable bonds is 2. The van der Waals surface area contributed by atoms with Crippen LogP contribution in [0.15, 0.2) is 12.2 Å². The van der Waals surface area contributed by atoms with E-state index < -0.39 is 6.10 Å². The van der Waals surface area contributed by atoms with E-state index in [1.165, 1.54) is 19.4 Å². The molecule has 2 N–H and O–H groups in total. The van der Waals surface area contributed by atoms with Crippen molar-refractivity contribution in [1.82, 2.24) is 4.90 Å². The van der Waals surface area contributed by atoms with Crippen LogP contribution < -0.4 is 0 Å². The number of hydrogen-bond acceptors (Lipinski definition) is 4. The van der Waals surface area contributed by atoms with E-state index in [9.17, 15) is 10.2 Å². The summed E-state index contributed by atoms with van der Waals surface area (Å²) in [5.74, 6) is 1.32. The van der Waals surface area contributed by atoms with Gasteiger partial charge in [-0.25, -0.2) is 0 Å². The molecule has 2 unspecified atom stereocenters. The lowest BCUT2D eigenvalue weighted by Gasteiger charge is -2.69. The second kappa shape index (κ2) is 5.00. The number of nitrogens with zero attached hydrogens (tertiary/aromatic N) is 1. The molecular formula is C23H35NO3. The van der Waals surface area contributed by atoms with Crippen LogP contribution in [0.3, 0.4) is 0 Å². The molecule has 0 aromatic carbocycles. The highest BCUT2D eigenvalue weighted by molar-refractivity contribution is 5.39. The predicted molar refractivity (Wildman–Crippen MR) is 103 cm³/mol. The minimum Gasteiger partial charge on any atom is -0.392 e. The van der Waals surface area contributed by atoms with Gasteiger partial charge in [0.25, 0.3) is 0 Å². The summed E-state index contributed by atoms with van der Waals surface area (Å²) in [6.07, 6.45) is 4.99. The molecule has 7 fully saturated rings. The molecule has 1 heterocycles. The van der Waals surface area contributed by atoms with Gasteiger partial charge in [-0.2, -0.15) is 0 Å². The van der Waals surface area contributed by atoms with Gasteiger partial charge >= 0.3 is 0 Å².